The molecular formula is C24H22N2O2. The number of fused-ring (bicyclic) bond motifs is 3. The van der Waals surface area contributed by atoms with E-state index in [0.29, 0.717) is 0 Å². The fraction of sp³-hybridized carbons (Fsp3) is 0.208. The van der Waals surface area contributed by atoms with Crippen LogP contribution < -0.4 is 4.74 Å². The predicted octanol–water partition coefficient (Wildman–Crippen LogP) is 4.57. The molecular weight excluding hydrogens is 348 g/mol. The highest BCUT2D eigenvalue weighted by atomic mass is 16.7. The molecule has 0 N–H and O–H groups in total. The molecule has 0 radical (unpaired) electrons. The van der Waals surface area contributed by atoms with Crippen molar-refractivity contribution in [3.05, 3.63) is 101 Å². The molecule has 3 aromatic rings. The molecule has 4 heteroatoms. The summed E-state index contributed by atoms with van der Waals surface area (Å²) in [6, 6.07) is 27.4. The third kappa shape index (κ3) is 2.60. The van der Waals surface area contributed by atoms with E-state index in [2.05, 4.69) is 83.8 Å². The molecule has 0 aromatic heterocycles. The summed E-state index contributed by atoms with van der Waals surface area (Å²) in [6.45, 7) is 0. The smallest absolute Gasteiger partial charge is 0.194 e. The zero-order chi connectivity index (χ0) is 19.1. The highest BCUT2D eigenvalue weighted by Crippen LogP contribution is 2.46. The molecule has 5 rings (SSSR count). The lowest BCUT2D eigenvalue weighted by Gasteiger charge is -2.41. The SMILES string of the molecule is COc1ccc(C2=NO[C@H]3[C@@H]2c2ccccc2[C@H](c2ccccc2)N3C)cc1. The number of hydrogen-bond acceptors (Lipinski definition) is 4. The molecule has 28 heavy (non-hydrogen) atoms. The largest absolute Gasteiger partial charge is 0.497 e. The molecule has 0 fully saturated rings. The van der Waals surface area contributed by atoms with Gasteiger partial charge in [0.05, 0.1) is 24.8 Å². The van der Waals surface area contributed by atoms with Crippen LogP contribution in [-0.4, -0.2) is 31.0 Å². The first-order chi connectivity index (χ1) is 13.8. The Morgan fingerprint density at radius 2 is 1.54 bits per heavy atom. The van der Waals surface area contributed by atoms with Gasteiger partial charge in [0.2, 0.25) is 0 Å². The Morgan fingerprint density at radius 1 is 0.857 bits per heavy atom. The summed E-state index contributed by atoms with van der Waals surface area (Å²) >= 11 is 0. The lowest BCUT2D eigenvalue weighted by atomic mass is 9.78. The first-order valence-electron chi connectivity index (χ1n) is 9.52. The number of nitrogens with zero attached hydrogens (tertiary/aromatic N) is 2. The Kier molecular flexibility index (Phi) is 4.14. The lowest BCUT2D eigenvalue weighted by molar-refractivity contribution is -0.0538. The molecule has 140 valence electrons. The van der Waals surface area contributed by atoms with Crippen LogP contribution in [0.4, 0.5) is 0 Å². The van der Waals surface area contributed by atoms with Crippen LogP contribution in [0.3, 0.4) is 0 Å². The number of rotatable bonds is 3. The number of ether oxygens (including phenoxy) is 1. The average molecular weight is 370 g/mol. The minimum atomic E-state index is -0.128. The van der Waals surface area contributed by atoms with Gasteiger partial charge in [0.15, 0.2) is 6.23 Å². The minimum Gasteiger partial charge on any atom is -0.497 e. The van der Waals surface area contributed by atoms with E-state index >= 15 is 0 Å². The Bertz CT molecular complexity index is 1010. The average Bonchev–Trinajstić information content (AvgIpc) is 3.21. The Balaban J connectivity index is 1.60. The van der Waals surface area contributed by atoms with Gasteiger partial charge in [-0.2, -0.15) is 0 Å². The van der Waals surface area contributed by atoms with Crippen molar-refractivity contribution < 1.29 is 9.57 Å². The van der Waals surface area contributed by atoms with Crippen LogP contribution in [-0.2, 0) is 4.84 Å². The number of likely N-dealkylation sites (N-methyl/N-ethyl adjacent to an activating group) is 1. The van der Waals surface area contributed by atoms with Gasteiger partial charge in [-0.05, 0) is 48.0 Å². The van der Waals surface area contributed by atoms with Gasteiger partial charge in [0.25, 0.3) is 0 Å². The molecule has 2 heterocycles. The minimum absolute atomic E-state index is 0.0783. The van der Waals surface area contributed by atoms with Gasteiger partial charge in [0, 0.05) is 5.56 Å². The van der Waals surface area contributed by atoms with E-state index < -0.39 is 0 Å². The van der Waals surface area contributed by atoms with Crippen molar-refractivity contribution in [2.45, 2.75) is 18.2 Å². The van der Waals surface area contributed by atoms with Crippen LogP contribution in [0.2, 0.25) is 0 Å². The van der Waals surface area contributed by atoms with Crippen LogP contribution in [0.15, 0.2) is 84.0 Å². The molecule has 0 spiro atoms. The second kappa shape index (κ2) is 6.80. The van der Waals surface area contributed by atoms with Gasteiger partial charge in [-0.25, -0.2) is 0 Å². The number of hydrogen-bond donors (Lipinski definition) is 0. The first-order valence-corrected chi connectivity index (χ1v) is 9.52. The summed E-state index contributed by atoms with van der Waals surface area (Å²) in [5, 5.41) is 4.52. The third-order valence-corrected chi connectivity index (χ3v) is 5.77. The second-order valence-electron chi connectivity index (χ2n) is 7.29. The van der Waals surface area contributed by atoms with E-state index in [-0.39, 0.29) is 18.2 Å². The van der Waals surface area contributed by atoms with E-state index in [1.807, 2.05) is 12.1 Å². The van der Waals surface area contributed by atoms with Gasteiger partial charge >= 0.3 is 0 Å². The van der Waals surface area contributed by atoms with Crippen molar-refractivity contribution in [3.8, 4) is 5.75 Å². The number of oxime groups is 1. The number of methoxy groups -OCH3 is 1. The van der Waals surface area contributed by atoms with Crippen molar-refractivity contribution in [2.24, 2.45) is 5.16 Å². The normalized spacial score (nSPS) is 23.4. The Labute approximate surface area is 165 Å². The van der Waals surface area contributed by atoms with Crippen LogP contribution in [0.1, 0.15) is 34.2 Å². The highest BCUT2D eigenvalue weighted by molar-refractivity contribution is 6.06. The quantitative estimate of drug-likeness (QED) is 0.677. The Hall–Kier alpha value is -3.11. The highest BCUT2D eigenvalue weighted by Gasteiger charge is 2.47. The molecule has 4 nitrogen and oxygen atoms in total. The van der Waals surface area contributed by atoms with Crippen molar-refractivity contribution in [1.29, 1.82) is 0 Å². The maximum atomic E-state index is 5.98. The van der Waals surface area contributed by atoms with E-state index in [4.69, 9.17) is 9.57 Å². The second-order valence-corrected chi connectivity index (χ2v) is 7.29. The van der Waals surface area contributed by atoms with Gasteiger partial charge in [0.1, 0.15) is 5.75 Å². The topological polar surface area (TPSA) is 34.1 Å². The summed E-state index contributed by atoms with van der Waals surface area (Å²) < 4.78 is 5.30. The standard InChI is InChI=1S/C24H22N2O2/c1-26-23(17-8-4-3-5-9-17)20-11-7-6-10-19(20)21-22(25-28-24(21)26)16-12-14-18(27-2)15-13-16/h3-15,21,23-24H,1-2H3/t21-,23+,24+/m1/s1. The van der Waals surface area contributed by atoms with E-state index in [0.717, 1.165) is 17.0 Å². The Morgan fingerprint density at radius 3 is 2.25 bits per heavy atom. The molecule has 0 unspecified atom stereocenters. The van der Waals surface area contributed by atoms with E-state index in [9.17, 15) is 0 Å². The fourth-order valence-corrected chi connectivity index (χ4v) is 4.43. The van der Waals surface area contributed by atoms with Gasteiger partial charge < -0.3 is 9.57 Å². The lowest BCUT2D eigenvalue weighted by Crippen LogP contribution is -2.45. The summed E-state index contributed by atoms with van der Waals surface area (Å²) in [5.74, 6) is 0.916. The van der Waals surface area contributed by atoms with Gasteiger partial charge in [-0.15, -0.1) is 0 Å². The van der Waals surface area contributed by atoms with Gasteiger partial charge in [-0.1, -0.05) is 59.8 Å². The van der Waals surface area contributed by atoms with Crippen LogP contribution in [0.25, 0.3) is 0 Å². The fourth-order valence-electron chi connectivity index (χ4n) is 4.43. The summed E-state index contributed by atoms with van der Waals surface area (Å²) in [5.41, 5.74) is 5.89. The number of benzene rings is 3. The van der Waals surface area contributed by atoms with Crippen molar-refractivity contribution in [1.82, 2.24) is 4.90 Å². The van der Waals surface area contributed by atoms with Crippen molar-refractivity contribution >= 4 is 5.71 Å². The molecule has 0 saturated carbocycles. The van der Waals surface area contributed by atoms with Crippen LogP contribution in [0, 0.1) is 0 Å². The predicted molar refractivity (Wildman–Crippen MR) is 110 cm³/mol. The van der Waals surface area contributed by atoms with E-state index in [1.54, 1.807) is 7.11 Å². The maximum Gasteiger partial charge on any atom is 0.194 e. The van der Waals surface area contributed by atoms with Crippen molar-refractivity contribution in [2.75, 3.05) is 14.2 Å². The summed E-state index contributed by atoms with van der Waals surface area (Å²) in [6.07, 6.45) is -0.128. The molecule has 0 aliphatic carbocycles. The zero-order valence-corrected chi connectivity index (χ0v) is 15.9. The van der Waals surface area contributed by atoms with Crippen LogP contribution in [0.5, 0.6) is 5.75 Å². The molecule has 2 aliphatic rings. The van der Waals surface area contributed by atoms with E-state index in [1.165, 1.54) is 16.7 Å². The van der Waals surface area contributed by atoms with Crippen LogP contribution >= 0.6 is 0 Å². The zero-order valence-electron chi connectivity index (χ0n) is 15.9. The summed E-state index contributed by atoms with van der Waals surface area (Å²) in [4.78, 5) is 8.28. The molecule has 3 atom stereocenters. The maximum absolute atomic E-state index is 5.98. The molecule has 0 saturated heterocycles. The molecule has 0 bridgehead atoms. The third-order valence-electron chi connectivity index (χ3n) is 5.77. The van der Waals surface area contributed by atoms with Gasteiger partial charge in [-0.3, -0.25) is 4.90 Å². The van der Waals surface area contributed by atoms with Crippen molar-refractivity contribution in [3.63, 3.8) is 0 Å². The summed E-state index contributed by atoms with van der Waals surface area (Å²) in [7, 11) is 3.80. The molecule has 2 aliphatic heterocycles. The molecule has 3 aromatic carbocycles. The monoisotopic (exact) mass is 370 g/mol. The first kappa shape index (κ1) is 17.0. The molecule has 0 amide bonds.